The molecule has 0 saturated heterocycles. The fourth-order valence-corrected chi connectivity index (χ4v) is 3.42. The first-order valence-electron chi connectivity index (χ1n) is 6.96. The Hall–Kier alpha value is -1.51. The third kappa shape index (κ3) is 4.75. The summed E-state index contributed by atoms with van der Waals surface area (Å²) in [5.74, 6) is -1.64. The first-order chi connectivity index (χ1) is 10.4. The summed E-state index contributed by atoms with van der Waals surface area (Å²) in [6.07, 6.45) is 2.31. The number of rotatable bonds is 8. The van der Waals surface area contributed by atoms with Gasteiger partial charge in [-0.2, -0.15) is 0 Å². The van der Waals surface area contributed by atoms with Crippen LogP contribution in [0.3, 0.4) is 0 Å². The molecule has 1 atom stereocenters. The number of carbonyl (C=O) groups excluding carboxylic acids is 1. The first-order valence-corrected chi connectivity index (χ1v) is 8.44. The second-order valence-electron chi connectivity index (χ2n) is 4.83. The summed E-state index contributed by atoms with van der Waals surface area (Å²) < 4.78 is 45.1. The molecule has 0 bridgehead atoms. The van der Waals surface area contributed by atoms with Gasteiger partial charge in [0.05, 0.1) is 17.6 Å². The number of nitrogens with two attached hydrogens (primary N) is 1. The second-order valence-corrected chi connectivity index (χ2v) is 6.51. The molecule has 1 aromatic carbocycles. The predicted octanol–water partition coefficient (Wildman–Crippen LogP) is 1.41. The average Bonchev–Trinajstić information content (AvgIpc) is 2.50. The summed E-state index contributed by atoms with van der Waals surface area (Å²) in [4.78, 5) is 11.3. The predicted molar refractivity (Wildman–Crippen MR) is 80.4 cm³/mol. The van der Waals surface area contributed by atoms with Crippen molar-refractivity contribution in [1.82, 2.24) is 4.72 Å². The van der Waals surface area contributed by atoms with Crippen molar-refractivity contribution in [2.24, 2.45) is 5.73 Å². The SMILES string of the molecule is CCCCC(CN)NS(=O)(=O)c1ccc(F)cc1C(=O)OC. The van der Waals surface area contributed by atoms with E-state index >= 15 is 0 Å². The Balaban J connectivity index is 3.14. The summed E-state index contributed by atoms with van der Waals surface area (Å²) in [6.45, 7) is 2.12. The van der Waals surface area contributed by atoms with Crippen LogP contribution in [0.15, 0.2) is 23.1 Å². The van der Waals surface area contributed by atoms with Gasteiger partial charge in [0.15, 0.2) is 0 Å². The molecular weight excluding hydrogens is 311 g/mol. The highest BCUT2D eigenvalue weighted by Crippen LogP contribution is 2.19. The van der Waals surface area contributed by atoms with E-state index in [9.17, 15) is 17.6 Å². The molecule has 1 aromatic rings. The van der Waals surface area contributed by atoms with Gasteiger partial charge in [0.25, 0.3) is 0 Å². The summed E-state index contributed by atoms with van der Waals surface area (Å²) in [5.41, 5.74) is 5.22. The van der Waals surface area contributed by atoms with E-state index in [0.29, 0.717) is 6.42 Å². The van der Waals surface area contributed by atoms with Crippen LogP contribution in [0.1, 0.15) is 36.5 Å². The van der Waals surface area contributed by atoms with Crippen LogP contribution in [0.5, 0.6) is 0 Å². The Labute approximate surface area is 129 Å². The Morgan fingerprint density at radius 3 is 2.68 bits per heavy atom. The standard InChI is InChI=1S/C14H21FN2O4S/c1-3-4-5-11(9-16)17-22(19,20)13-7-6-10(15)8-12(13)14(18)21-2/h6-8,11,17H,3-5,9,16H2,1-2H3. The Morgan fingerprint density at radius 2 is 2.14 bits per heavy atom. The maximum Gasteiger partial charge on any atom is 0.339 e. The number of sulfonamides is 1. The van der Waals surface area contributed by atoms with Gasteiger partial charge in [0.2, 0.25) is 10.0 Å². The van der Waals surface area contributed by atoms with Crippen molar-refractivity contribution in [3.8, 4) is 0 Å². The van der Waals surface area contributed by atoms with Crippen molar-refractivity contribution in [3.05, 3.63) is 29.6 Å². The fraction of sp³-hybridized carbons (Fsp3) is 0.500. The summed E-state index contributed by atoms with van der Waals surface area (Å²) >= 11 is 0. The molecule has 6 nitrogen and oxygen atoms in total. The molecule has 0 saturated carbocycles. The average molecular weight is 332 g/mol. The summed E-state index contributed by atoms with van der Waals surface area (Å²) in [6, 6.07) is 2.41. The van der Waals surface area contributed by atoms with Crippen molar-refractivity contribution < 1.29 is 22.3 Å². The highest BCUT2D eigenvalue weighted by atomic mass is 32.2. The minimum atomic E-state index is -4.00. The van der Waals surface area contributed by atoms with Gasteiger partial charge >= 0.3 is 5.97 Å². The lowest BCUT2D eigenvalue weighted by atomic mass is 10.1. The number of hydrogen-bond donors (Lipinski definition) is 2. The molecule has 1 unspecified atom stereocenters. The van der Waals surface area contributed by atoms with Crippen molar-refractivity contribution in [3.63, 3.8) is 0 Å². The molecular formula is C14H21FN2O4S. The van der Waals surface area contributed by atoms with E-state index in [4.69, 9.17) is 5.73 Å². The van der Waals surface area contributed by atoms with Crippen molar-refractivity contribution in [1.29, 1.82) is 0 Å². The lowest BCUT2D eigenvalue weighted by Gasteiger charge is -2.17. The van der Waals surface area contributed by atoms with Gasteiger partial charge in [-0.15, -0.1) is 0 Å². The Kier molecular flexibility index (Phi) is 6.92. The van der Waals surface area contributed by atoms with Crippen LogP contribution in [-0.2, 0) is 14.8 Å². The lowest BCUT2D eigenvalue weighted by Crippen LogP contribution is -2.40. The molecule has 0 aliphatic heterocycles. The normalized spacial score (nSPS) is 12.9. The van der Waals surface area contributed by atoms with E-state index in [1.165, 1.54) is 0 Å². The van der Waals surface area contributed by atoms with Crippen LogP contribution >= 0.6 is 0 Å². The van der Waals surface area contributed by atoms with Crippen LogP contribution in [0.4, 0.5) is 4.39 Å². The largest absolute Gasteiger partial charge is 0.465 e. The first kappa shape index (κ1) is 18.5. The number of carbonyl (C=O) groups is 1. The highest BCUT2D eigenvalue weighted by molar-refractivity contribution is 7.89. The molecule has 0 aliphatic rings. The van der Waals surface area contributed by atoms with Gasteiger partial charge < -0.3 is 10.5 Å². The second kappa shape index (κ2) is 8.21. The van der Waals surface area contributed by atoms with E-state index in [0.717, 1.165) is 38.2 Å². The molecule has 0 spiro atoms. The summed E-state index contributed by atoms with van der Waals surface area (Å²) in [5, 5.41) is 0. The number of methoxy groups -OCH3 is 1. The zero-order valence-electron chi connectivity index (χ0n) is 12.6. The van der Waals surface area contributed by atoms with E-state index in [2.05, 4.69) is 9.46 Å². The molecule has 0 radical (unpaired) electrons. The van der Waals surface area contributed by atoms with Gasteiger partial charge in [0, 0.05) is 12.6 Å². The van der Waals surface area contributed by atoms with Crippen LogP contribution in [0, 0.1) is 5.82 Å². The molecule has 0 fully saturated rings. The molecule has 0 aliphatic carbocycles. The molecule has 0 heterocycles. The third-order valence-electron chi connectivity index (χ3n) is 3.15. The molecule has 0 aromatic heterocycles. The van der Waals surface area contributed by atoms with E-state index in [1.807, 2.05) is 6.92 Å². The number of unbranched alkanes of at least 4 members (excludes halogenated alkanes) is 1. The highest BCUT2D eigenvalue weighted by Gasteiger charge is 2.25. The number of ether oxygens (including phenoxy) is 1. The minimum absolute atomic E-state index is 0.133. The van der Waals surface area contributed by atoms with Crippen LogP contribution in [0.25, 0.3) is 0 Å². The minimum Gasteiger partial charge on any atom is -0.465 e. The van der Waals surface area contributed by atoms with Crippen LogP contribution in [0.2, 0.25) is 0 Å². The fourth-order valence-electron chi connectivity index (χ4n) is 1.96. The van der Waals surface area contributed by atoms with Gasteiger partial charge in [-0.1, -0.05) is 19.8 Å². The van der Waals surface area contributed by atoms with E-state index in [1.54, 1.807) is 0 Å². The monoisotopic (exact) mass is 332 g/mol. The van der Waals surface area contributed by atoms with Crippen molar-refractivity contribution >= 4 is 16.0 Å². The zero-order chi connectivity index (χ0) is 16.8. The smallest absolute Gasteiger partial charge is 0.339 e. The van der Waals surface area contributed by atoms with Gasteiger partial charge in [0.1, 0.15) is 5.82 Å². The maximum absolute atomic E-state index is 13.3. The topological polar surface area (TPSA) is 98.5 Å². The molecule has 0 amide bonds. The van der Waals surface area contributed by atoms with E-state index < -0.39 is 27.9 Å². The number of benzene rings is 1. The molecule has 3 N–H and O–H groups in total. The van der Waals surface area contributed by atoms with Gasteiger partial charge in [-0.3, -0.25) is 0 Å². The van der Waals surface area contributed by atoms with Crippen molar-refractivity contribution in [2.45, 2.75) is 37.1 Å². The third-order valence-corrected chi connectivity index (χ3v) is 4.73. The van der Waals surface area contributed by atoms with Crippen LogP contribution in [-0.4, -0.2) is 34.1 Å². The molecule has 1 rings (SSSR count). The molecule has 22 heavy (non-hydrogen) atoms. The number of hydrogen-bond acceptors (Lipinski definition) is 5. The lowest BCUT2D eigenvalue weighted by molar-refractivity contribution is 0.0595. The van der Waals surface area contributed by atoms with E-state index in [-0.39, 0.29) is 17.0 Å². The maximum atomic E-state index is 13.3. The zero-order valence-corrected chi connectivity index (χ0v) is 13.5. The number of esters is 1. The molecule has 8 heteroatoms. The van der Waals surface area contributed by atoms with Gasteiger partial charge in [-0.25, -0.2) is 22.3 Å². The summed E-state index contributed by atoms with van der Waals surface area (Å²) in [7, 11) is -2.90. The number of nitrogens with one attached hydrogen (secondary N) is 1. The van der Waals surface area contributed by atoms with Gasteiger partial charge in [-0.05, 0) is 24.6 Å². The quantitative estimate of drug-likeness (QED) is 0.701. The Bertz CT molecular complexity index is 619. The van der Waals surface area contributed by atoms with Crippen LogP contribution < -0.4 is 10.5 Å². The Morgan fingerprint density at radius 1 is 1.45 bits per heavy atom. The van der Waals surface area contributed by atoms with Crippen molar-refractivity contribution in [2.75, 3.05) is 13.7 Å². The molecule has 124 valence electrons. The number of halogens is 1.